The minimum absolute atomic E-state index is 0.194. The Morgan fingerprint density at radius 2 is 1.96 bits per heavy atom. The first-order valence-electron chi connectivity index (χ1n) is 6.86. The van der Waals surface area contributed by atoms with Crippen LogP contribution in [0.15, 0.2) is 72.0 Å². The first-order chi connectivity index (χ1) is 11.2. The van der Waals surface area contributed by atoms with Gasteiger partial charge in [-0.3, -0.25) is 5.21 Å². The molecule has 2 aromatic carbocycles. The van der Waals surface area contributed by atoms with E-state index >= 15 is 0 Å². The van der Waals surface area contributed by atoms with Crippen LogP contribution < -0.4 is 10.8 Å². The second-order valence-electron chi connectivity index (χ2n) is 4.67. The molecule has 0 atom stereocenters. The lowest BCUT2D eigenvalue weighted by Crippen LogP contribution is -2.27. The van der Waals surface area contributed by atoms with Gasteiger partial charge < -0.3 is 5.32 Å². The Kier molecular flexibility index (Phi) is 4.56. The van der Waals surface area contributed by atoms with Crippen molar-refractivity contribution in [2.75, 3.05) is 5.32 Å². The summed E-state index contributed by atoms with van der Waals surface area (Å²) in [6.07, 6.45) is 3.58. The second-order valence-corrected chi connectivity index (χ2v) is 5.11. The maximum absolute atomic E-state index is 9.23. The van der Waals surface area contributed by atoms with Crippen molar-refractivity contribution in [3.05, 3.63) is 72.0 Å². The molecule has 3 rings (SSSR count). The number of hydrogen-bond donors (Lipinski definition) is 3. The van der Waals surface area contributed by atoms with Gasteiger partial charge in [0.05, 0.1) is 11.4 Å². The fourth-order valence-corrected chi connectivity index (χ4v) is 2.20. The monoisotopic (exact) mass is 327 g/mol. The minimum Gasteiger partial charge on any atom is -0.324 e. The van der Waals surface area contributed by atoms with Gasteiger partial charge in [-0.1, -0.05) is 17.7 Å². The van der Waals surface area contributed by atoms with Crippen LogP contribution in [0.2, 0.25) is 5.02 Å². The topological polar surface area (TPSA) is 74.5 Å². The van der Waals surface area contributed by atoms with Crippen molar-refractivity contribution >= 4 is 28.9 Å². The molecule has 0 saturated carbocycles. The van der Waals surface area contributed by atoms with Crippen LogP contribution >= 0.6 is 11.6 Å². The number of anilines is 1. The third kappa shape index (κ3) is 3.88. The number of nitrogens with zero attached hydrogens (tertiary/aromatic N) is 3. The van der Waals surface area contributed by atoms with Crippen molar-refractivity contribution < 1.29 is 5.21 Å². The van der Waals surface area contributed by atoms with Gasteiger partial charge in [0.2, 0.25) is 5.96 Å². The van der Waals surface area contributed by atoms with Gasteiger partial charge in [0.25, 0.3) is 0 Å². The quantitative estimate of drug-likeness (QED) is 0.390. The van der Waals surface area contributed by atoms with Crippen LogP contribution in [0.5, 0.6) is 0 Å². The number of aromatic nitrogens is 2. The highest BCUT2D eigenvalue weighted by Crippen LogP contribution is 2.17. The lowest BCUT2D eigenvalue weighted by Gasteiger charge is -2.09. The van der Waals surface area contributed by atoms with Crippen LogP contribution in [0.4, 0.5) is 11.4 Å². The molecule has 0 fully saturated rings. The molecule has 3 N–H and O–H groups in total. The Morgan fingerprint density at radius 1 is 1.13 bits per heavy atom. The highest BCUT2D eigenvalue weighted by atomic mass is 35.5. The molecule has 0 amide bonds. The molecule has 0 unspecified atom stereocenters. The van der Waals surface area contributed by atoms with E-state index in [4.69, 9.17) is 11.6 Å². The van der Waals surface area contributed by atoms with Gasteiger partial charge in [0.15, 0.2) is 0 Å². The van der Waals surface area contributed by atoms with E-state index in [1.165, 1.54) is 0 Å². The Bertz CT molecular complexity index is 800. The highest BCUT2D eigenvalue weighted by Gasteiger charge is 2.01. The molecule has 7 heteroatoms. The molecule has 1 aromatic heterocycles. The lowest BCUT2D eigenvalue weighted by atomic mass is 10.3. The molecule has 0 aliphatic heterocycles. The van der Waals surface area contributed by atoms with E-state index in [9.17, 15) is 5.21 Å². The molecule has 0 aliphatic carbocycles. The summed E-state index contributed by atoms with van der Waals surface area (Å²) in [5, 5.41) is 16.9. The Morgan fingerprint density at radius 3 is 2.61 bits per heavy atom. The molecular weight excluding hydrogens is 314 g/mol. The zero-order valence-electron chi connectivity index (χ0n) is 12.0. The van der Waals surface area contributed by atoms with Crippen LogP contribution in [0.3, 0.4) is 0 Å². The number of nitrogens with one attached hydrogen (secondary N) is 2. The number of halogens is 1. The van der Waals surface area contributed by atoms with Gasteiger partial charge in [-0.05, 0) is 48.5 Å². The van der Waals surface area contributed by atoms with Crippen molar-refractivity contribution in [3.63, 3.8) is 0 Å². The first kappa shape index (κ1) is 15.1. The summed E-state index contributed by atoms with van der Waals surface area (Å²) < 4.78 is 1.75. The third-order valence-corrected chi connectivity index (χ3v) is 3.29. The summed E-state index contributed by atoms with van der Waals surface area (Å²) in [4.78, 5) is 4.30. The SMILES string of the molecule is ONC(=Nc1ccc(-n2cccn2)cc1)Nc1cccc(Cl)c1. The molecule has 0 saturated heterocycles. The fraction of sp³-hybridized carbons (Fsp3) is 0. The van der Waals surface area contributed by atoms with Crippen LogP contribution in [0.1, 0.15) is 0 Å². The van der Waals surface area contributed by atoms with Gasteiger partial charge in [-0.25, -0.2) is 15.2 Å². The molecule has 3 aromatic rings. The van der Waals surface area contributed by atoms with Crippen molar-refractivity contribution in [1.29, 1.82) is 0 Å². The van der Waals surface area contributed by atoms with Gasteiger partial charge in [-0.2, -0.15) is 5.10 Å². The molecule has 1 heterocycles. The normalized spacial score (nSPS) is 11.3. The van der Waals surface area contributed by atoms with E-state index in [2.05, 4.69) is 15.4 Å². The highest BCUT2D eigenvalue weighted by molar-refractivity contribution is 6.30. The number of benzene rings is 2. The first-order valence-corrected chi connectivity index (χ1v) is 7.24. The number of hydrogen-bond acceptors (Lipinski definition) is 3. The predicted octanol–water partition coefficient (Wildman–Crippen LogP) is 3.60. The molecule has 0 bridgehead atoms. The van der Waals surface area contributed by atoms with E-state index in [0.29, 0.717) is 16.4 Å². The summed E-state index contributed by atoms with van der Waals surface area (Å²) in [5.74, 6) is 0.194. The standard InChI is InChI=1S/C16H14ClN5O/c17-12-3-1-4-14(11-12)20-16(21-23)19-13-5-7-15(8-6-13)22-10-2-9-18-22/h1-11,23H,(H2,19,20,21). The Hall–Kier alpha value is -2.83. The number of rotatable bonds is 3. The van der Waals surface area contributed by atoms with Crippen LogP contribution in [0, 0.1) is 0 Å². The van der Waals surface area contributed by atoms with Crippen LogP contribution in [-0.2, 0) is 0 Å². The summed E-state index contributed by atoms with van der Waals surface area (Å²) in [7, 11) is 0. The van der Waals surface area contributed by atoms with E-state index < -0.39 is 0 Å². The Labute approximate surface area is 138 Å². The van der Waals surface area contributed by atoms with Crippen molar-refractivity contribution in [3.8, 4) is 5.69 Å². The average Bonchev–Trinajstić information content (AvgIpc) is 3.09. The maximum Gasteiger partial charge on any atom is 0.225 e. The minimum atomic E-state index is 0.194. The molecule has 0 spiro atoms. The number of aliphatic imine (C=N–C) groups is 1. The smallest absolute Gasteiger partial charge is 0.225 e. The summed E-state index contributed by atoms with van der Waals surface area (Å²) in [6, 6.07) is 16.4. The lowest BCUT2D eigenvalue weighted by molar-refractivity contribution is 0.234. The van der Waals surface area contributed by atoms with E-state index in [0.717, 1.165) is 5.69 Å². The summed E-state index contributed by atoms with van der Waals surface area (Å²) in [6.45, 7) is 0. The summed E-state index contributed by atoms with van der Waals surface area (Å²) >= 11 is 5.93. The molecule has 23 heavy (non-hydrogen) atoms. The number of hydroxylamine groups is 1. The van der Waals surface area contributed by atoms with E-state index in [1.807, 2.05) is 48.1 Å². The fourth-order valence-electron chi connectivity index (χ4n) is 2.01. The number of guanidine groups is 1. The van der Waals surface area contributed by atoms with Gasteiger partial charge in [0.1, 0.15) is 0 Å². The van der Waals surface area contributed by atoms with E-state index in [-0.39, 0.29) is 5.96 Å². The molecule has 6 nitrogen and oxygen atoms in total. The predicted molar refractivity (Wildman–Crippen MR) is 90.7 cm³/mol. The maximum atomic E-state index is 9.23. The van der Waals surface area contributed by atoms with Gasteiger partial charge in [-0.15, -0.1) is 0 Å². The average molecular weight is 328 g/mol. The second kappa shape index (κ2) is 6.95. The molecule has 0 aliphatic rings. The third-order valence-electron chi connectivity index (χ3n) is 3.05. The molecule has 0 radical (unpaired) electrons. The van der Waals surface area contributed by atoms with Gasteiger partial charge >= 0.3 is 0 Å². The van der Waals surface area contributed by atoms with Crippen molar-refractivity contribution in [1.82, 2.24) is 15.3 Å². The van der Waals surface area contributed by atoms with Crippen LogP contribution in [0.25, 0.3) is 5.69 Å². The molecule has 116 valence electrons. The van der Waals surface area contributed by atoms with Crippen LogP contribution in [-0.4, -0.2) is 20.9 Å². The van der Waals surface area contributed by atoms with Crippen molar-refractivity contribution in [2.24, 2.45) is 4.99 Å². The van der Waals surface area contributed by atoms with Crippen molar-refractivity contribution in [2.45, 2.75) is 0 Å². The largest absolute Gasteiger partial charge is 0.324 e. The van der Waals surface area contributed by atoms with Gasteiger partial charge in [0, 0.05) is 23.1 Å². The van der Waals surface area contributed by atoms with E-state index in [1.54, 1.807) is 29.1 Å². The Balaban J connectivity index is 1.78. The zero-order valence-corrected chi connectivity index (χ0v) is 12.8. The summed E-state index contributed by atoms with van der Waals surface area (Å²) in [5.41, 5.74) is 4.35. The molecular formula is C16H14ClN5O. The zero-order chi connectivity index (χ0) is 16.1.